The van der Waals surface area contributed by atoms with Crippen molar-refractivity contribution in [2.24, 2.45) is 0 Å². The van der Waals surface area contributed by atoms with Gasteiger partial charge in [0, 0.05) is 25.6 Å². The molecule has 0 aromatic carbocycles. The van der Waals surface area contributed by atoms with Gasteiger partial charge in [0.05, 0.1) is 12.6 Å². The number of hydrogen-bond acceptors (Lipinski definition) is 5. The summed E-state index contributed by atoms with van der Waals surface area (Å²) >= 11 is 0. The first-order chi connectivity index (χ1) is 9.01. The Morgan fingerprint density at radius 1 is 1.63 bits per heavy atom. The molecule has 8 heteroatoms. The topological polar surface area (TPSA) is 113 Å². The molecule has 1 fully saturated rings. The lowest BCUT2D eigenvalue weighted by Gasteiger charge is -2.16. The van der Waals surface area contributed by atoms with E-state index in [4.69, 9.17) is 4.74 Å². The number of amides is 1. The highest BCUT2D eigenvalue weighted by Crippen LogP contribution is 2.27. The Hall–Kier alpha value is -1.93. The standard InChI is InChI=1S/C11H15N3O5/c1-6(16)12-7-4-10(19-8(7)5-15)14-3-2-9(17)13-11(14)18/h2-3,7-8,10,15H,4-5H2,1H3,(H,12,16)(H,13,17,18)/t7-,8+,10+/m0/s1. The van der Waals surface area contributed by atoms with E-state index in [1.807, 2.05) is 0 Å². The maximum Gasteiger partial charge on any atom is 0.330 e. The largest absolute Gasteiger partial charge is 0.394 e. The predicted octanol–water partition coefficient (Wildman–Crippen LogP) is -1.68. The SMILES string of the molecule is CC(=O)N[C@H]1C[C@H](n2ccc(=O)[nH]c2=O)O[C@@H]1CO. The van der Waals surface area contributed by atoms with Crippen molar-refractivity contribution in [1.82, 2.24) is 14.9 Å². The molecule has 1 aliphatic rings. The van der Waals surface area contributed by atoms with Crippen molar-refractivity contribution >= 4 is 5.91 Å². The highest BCUT2D eigenvalue weighted by atomic mass is 16.5. The molecule has 0 unspecified atom stereocenters. The van der Waals surface area contributed by atoms with Gasteiger partial charge in [-0.15, -0.1) is 0 Å². The second-order valence-corrected chi connectivity index (χ2v) is 4.37. The van der Waals surface area contributed by atoms with Crippen LogP contribution in [0.5, 0.6) is 0 Å². The van der Waals surface area contributed by atoms with Crippen molar-refractivity contribution in [1.29, 1.82) is 0 Å². The van der Waals surface area contributed by atoms with Crippen LogP contribution < -0.4 is 16.6 Å². The third-order valence-electron chi connectivity index (χ3n) is 2.97. The van der Waals surface area contributed by atoms with Gasteiger partial charge in [-0.3, -0.25) is 19.1 Å². The van der Waals surface area contributed by atoms with Gasteiger partial charge < -0.3 is 15.2 Å². The van der Waals surface area contributed by atoms with E-state index in [9.17, 15) is 19.5 Å². The smallest absolute Gasteiger partial charge is 0.330 e. The highest BCUT2D eigenvalue weighted by molar-refractivity contribution is 5.73. The summed E-state index contributed by atoms with van der Waals surface area (Å²) in [6.45, 7) is 1.10. The van der Waals surface area contributed by atoms with Crippen LogP contribution in [0.2, 0.25) is 0 Å². The Kier molecular flexibility index (Phi) is 3.82. The average Bonchev–Trinajstić information content (AvgIpc) is 2.71. The molecular formula is C11H15N3O5. The molecule has 3 atom stereocenters. The lowest BCUT2D eigenvalue weighted by molar-refractivity contribution is -0.120. The van der Waals surface area contributed by atoms with Crippen LogP contribution in [0.15, 0.2) is 21.9 Å². The molecule has 1 saturated heterocycles. The number of H-pyrrole nitrogens is 1. The monoisotopic (exact) mass is 269 g/mol. The molecule has 8 nitrogen and oxygen atoms in total. The fourth-order valence-corrected chi connectivity index (χ4v) is 2.14. The van der Waals surface area contributed by atoms with Gasteiger partial charge in [0.2, 0.25) is 5.91 Å². The predicted molar refractivity (Wildman–Crippen MR) is 64.5 cm³/mol. The molecule has 3 N–H and O–H groups in total. The summed E-state index contributed by atoms with van der Waals surface area (Å²) in [5.41, 5.74) is -1.07. The zero-order valence-corrected chi connectivity index (χ0v) is 10.3. The Bertz CT molecular complexity index is 578. The lowest BCUT2D eigenvalue weighted by atomic mass is 10.1. The third kappa shape index (κ3) is 2.91. The summed E-state index contributed by atoms with van der Waals surface area (Å²) in [6, 6.07) is 0.844. The first-order valence-corrected chi connectivity index (χ1v) is 5.86. The zero-order valence-electron chi connectivity index (χ0n) is 10.3. The molecule has 1 amide bonds. The molecule has 0 saturated carbocycles. The molecule has 0 aliphatic carbocycles. The number of nitrogens with one attached hydrogen (secondary N) is 2. The quantitative estimate of drug-likeness (QED) is 0.606. The number of carbonyl (C=O) groups excluding carboxylic acids is 1. The van der Waals surface area contributed by atoms with Crippen LogP contribution in [0.1, 0.15) is 19.6 Å². The number of aliphatic hydroxyl groups excluding tert-OH is 1. The van der Waals surface area contributed by atoms with Crippen molar-refractivity contribution in [3.8, 4) is 0 Å². The van der Waals surface area contributed by atoms with Crippen molar-refractivity contribution < 1.29 is 14.6 Å². The first kappa shape index (κ1) is 13.5. The minimum absolute atomic E-state index is 0.235. The Labute approximate surface area is 108 Å². The molecule has 2 rings (SSSR count). The van der Waals surface area contributed by atoms with Crippen LogP contribution in [0, 0.1) is 0 Å². The number of rotatable bonds is 3. The van der Waals surface area contributed by atoms with Crippen LogP contribution in [0.3, 0.4) is 0 Å². The summed E-state index contributed by atoms with van der Waals surface area (Å²) in [6.07, 6.45) is 0.471. The van der Waals surface area contributed by atoms with Gasteiger partial charge in [0.1, 0.15) is 12.3 Å². The number of ether oxygens (including phenoxy) is 1. The van der Waals surface area contributed by atoms with Gasteiger partial charge in [0.25, 0.3) is 5.56 Å². The van der Waals surface area contributed by atoms with E-state index in [0.29, 0.717) is 6.42 Å². The van der Waals surface area contributed by atoms with Crippen molar-refractivity contribution in [3.63, 3.8) is 0 Å². The van der Waals surface area contributed by atoms with Gasteiger partial charge in [-0.25, -0.2) is 4.79 Å². The molecule has 0 spiro atoms. The number of carbonyl (C=O) groups is 1. The molecule has 2 heterocycles. The average molecular weight is 269 g/mol. The van der Waals surface area contributed by atoms with E-state index in [0.717, 1.165) is 0 Å². The van der Waals surface area contributed by atoms with E-state index in [-0.39, 0.29) is 18.6 Å². The molecular weight excluding hydrogens is 254 g/mol. The second kappa shape index (κ2) is 5.37. The van der Waals surface area contributed by atoms with Crippen LogP contribution in [-0.4, -0.2) is 39.3 Å². The number of aromatic nitrogens is 2. The van der Waals surface area contributed by atoms with Crippen molar-refractivity contribution in [3.05, 3.63) is 33.1 Å². The van der Waals surface area contributed by atoms with E-state index >= 15 is 0 Å². The van der Waals surface area contributed by atoms with Gasteiger partial charge in [-0.05, 0) is 0 Å². The van der Waals surface area contributed by atoms with E-state index in [1.54, 1.807) is 0 Å². The van der Waals surface area contributed by atoms with Gasteiger partial charge in [-0.1, -0.05) is 0 Å². The van der Waals surface area contributed by atoms with Crippen LogP contribution in [-0.2, 0) is 9.53 Å². The molecule has 1 aromatic rings. The van der Waals surface area contributed by atoms with Crippen molar-refractivity contribution in [2.75, 3.05) is 6.61 Å². The Morgan fingerprint density at radius 3 is 2.95 bits per heavy atom. The molecule has 0 radical (unpaired) electrons. The van der Waals surface area contributed by atoms with Crippen LogP contribution in [0.4, 0.5) is 0 Å². The van der Waals surface area contributed by atoms with Crippen molar-refractivity contribution in [2.45, 2.75) is 31.7 Å². The van der Waals surface area contributed by atoms with E-state index in [2.05, 4.69) is 10.3 Å². The molecule has 1 aromatic heterocycles. The lowest BCUT2D eigenvalue weighted by Crippen LogP contribution is -2.40. The summed E-state index contributed by atoms with van der Waals surface area (Å²) in [5, 5.41) is 11.9. The van der Waals surface area contributed by atoms with Crippen LogP contribution >= 0.6 is 0 Å². The molecule has 0 bridgehead atoms. The summed E-state index contributed by atoms with van der Waals surface area (Å²) < 4.78 is 6.74. The first-order valence-electron chi connectivity index (χ1n) is 5.86. The minimum atomic E-state index is -0.627. The Balaban J connectivity index is 2.21. The summed E-state index contributed by atoms with van der Waals surface area (Å²) in [4.78, 5) is 35.8. The van der Waals surface area contributed by atoms with E-state index in [1.165, 1.54) is 23.8 Å². The Morgan fingerprint density at radius 2 is 2.37 bits per heavy atom. The maximum atomic E-state index is 11.6. The summed E-state index contributed by atoms with van der Waals surface area (Å²) in [7, 11) is 0. The van der Waals surface area contributed by atoms with Gasteiger partial charge in [0.15, 0.2) is 0 Å². The molecule has 1 aliphatic heterocycles. The molecule has 104 valence electrons. The maximum absolute atomic E-state index is 11.6. The summed E-state index contributed by atoms with van der Waals surface area (Å²) in [5.74, 6) is -0.235. The molecule has 19 heavy (non-hydrogen) atoms. The third-order valence-corrected chi connectivity index (χ3v) is 2.97. The number of nitrogens with zero attached hydrogens (tertiary/aromatic N) is 1. The fraction of sp³-hybridized carbons (Fsp3) is 0.545. The fourth-order valence-electron chi connectivity index (χ4n) is 2.14. The normalized spacial score (nSPS) is 26.3. The number of aliphatic hydroxyl groups is 1. The van der Waals surface area contributed by atoms with Crippen LogP contribution in [0.25, 0.3) is 0 Å². The second-order valence-electron chi connectivity index (χ2n) is 4.37. The van der Waals surface area contributed by atoms with Gasteiger partial charge >= 0.3 is 5.69 Å². The minimum Gasteiger partial charge on any atom is -0.394 e. The highest BCUT2D eigenvalue weighted by Gasteiger charge is 2.36. The van der Waals surface area contributed by atoms with E-state index < -0.39 is 23.6 Å². The number of hydrogen-bond donors (Lipinski definition) is 3. The number of aromatic amines is 1. The van der Waals surface area contributed by atoms with Gasteiger partial charge in [-0.2, -0.15) is 0 Å². The zero-order chi connectivity index (χ0) is 14.0.